The van der Waals surface area contributed by atoms with Crippen LogP contribution in [0, 0.1) is 0 Å². The highest BCUT2D eigenvalue weighted by atomic mass is 32.1. The summed E-state index contributed by atoms with van der Waals surface area (Å²) in [6.45, 7) is 0. The fraction of sp³-hybridized carbons (Fsp3) is 0. The molecule has 84 valence electrons. The zero-order valence-corrected chi connectivity index (χ0v) is 10.3. The predicted molar refractivity (Wildman–Crippen MR) is 70.9 cm³/mol. The Hall–Kier alpha value is -1.79. The van der Waals surface area contributed by atoms with Gasteiger partial charge in [-0.2, -0.15) is 0 Å². The highest BCUT2D eigenvalue weighted by Crippen LogP contribution is 2.29. The van der Waals surface area contributed by atoms with Crippen molar-refractivity contribution in [2.24, 2.45) is 0 Å². The molecule has 3 aromatic heterocycles. The van der Waals surface area contributed by atoms with Crippen LogP contribution < -0.4 is 5.73 Å². The molecule has 0 aromatic carbocycles. The number of anilines is 1. The molecule has 0 aliphatic heterocycles. The molecule has 3 rings (SSSR count). The summed E-state index contributed by atoms with van der Waals surface area (Å²) in [5.41, 5.74) is 8.32. The van der Waals surface area contributed by atoms with Gasteiger partial charge in [0.1, 0.15) is 16.4 Å². The van der Waals surface area contributed by atoms with Crippen LogP contribution in [0.25, 0.3) is 22.0 Å². The maximum absolute atomic E-state index is 5.61. The Morgan fingerprint density at radius 2 is 1.88 bits per heavy atom. The molecule has 0 unspecified atom stereocenters. The molecule has 0 aliphatic rings. The Balaban J connectivity index is 1.99. The largest absolute Gasteiger partial charge is 0.375 e. The number of hydrogen-bond acceptors (Lipinski definition) is 6. The van der Waals surface area contributed by atoms with Crippen LogP contribution in [0.1, 0.15) is 0 Å². The van der Waals surface area contributed by atoms with Gasteiger partial charge in [0, 0.05) is 28.7 Å². The topological polar surface area (TPSA) is 64.7 Å². The minimum atomic E-state index is 0.566. The summed E-state index contributed by atoms with van der Waals surface area (Å²) in [5, 5.41) is 5.41. The monoisotopic (exact) mass is 260 g/mol. The van der Waals surface area contributed by atoms with Crippen LogP contribution in [-0.2, 0) is 0 Å². The normalized spacial score (nSPS) is 10.6. The molecule has 0 atom stereocenters. The van der Waals surface area contributed by atoms with Gasteiger partial charge in [-0.15, -0.1) is 22.7 Å². The third-order valence-corrected chi connectivity index (χ3v) is 3.76. The average molecular weight is 260 g/mol. The van der Waals surface area contributed by atoms with Crippen LogP contribution in [0.4, 0.5) is 5.13 Å². The van der Waals surface area contributed by atoms with Gasteiger partial charge in [0.2, 0.25) is 0 Å². The minimum absolute atomic E-state index is 0.566. The molecule has 0 saturated carbocycles. The standard InChI is InChI=1S/C11H8N4S2/c12-11-15-9(6-17-11)8-5-16-10(14-8)7-2-1-3-13-4-7/h1-6H,(H2,12,15). The Morgan fingerprint density at radius 3 is 2.59 bits per heavy atom. The summed E-state index contributed by atoms with van der Waals surface area (Å²) in [6.07, 6.45) is 3.55. The van der Waals surface area contributed by atoms with Crippen LogP contribution in [0.5, 0.6) is 0 Å². The van der Waals surface area contributed by atoms with Crippen LogP contribution in [-0.4, -0.2) is 15.0 Å². The predicted octanol–water partition coefficient (Wildman–Crippen LogP) is 2.91. The van der Waals surface area contributed by atoms with Gasteiger partial charge in [0.15, 0.2) is 5.13 Å². The fourth-order valence-electron chi connectivity index (χ4n) is 1.42. The summed E-state index contributed by atoms with van der Waals surface area (Å²) in [4.78, 5) is 12.8. The Morgan fingerprint density at radius 1 is 1.06 bits per heavy atom. The van der Waals surface area contributed by atoms with E-state index in [9.17, 15) is 0 Å². The van der Waals surface area contributed by atoms with Crippen molar-refractivity contribution in [1.29, 1.82) is 0 Å². The summed E-state index contributed by atoms with van der Waals surface area (Å²) < 4.78 is 0. The van der Waals surface area contributed by atoms with E-state index in [1.165, 1.54) is 11.3 Å². The fourth-order valence-corrected chi connectivity index (χ4v) is 2.78. The molecule has 2 N–H and O–H groups in total. The molecule has 3 heterocycles. The molecule has 0 saturated heterocycles. The van der Waals surface area contributed by atoms with E-state index in [-0.39, 0.29) is 0 Å². The van der Waals surface area contributed by atoms with E-state index in [0.717, 1.165) is 22.0 Å². The Labute approximate surface area is 106 Å². The first-order valence-corrected chi connectivity index (χ1v) is 6.66. The van der Waals surface area contributed by atoms with Crippen molar-refractivity contribution in [2.75, 3.05) is 5.73 Å². The highest BCUT2D eigenvalue weighted by Gasteiger charge is 2.08. The molecule has 0 fully saturated rings. The SMILES string of the molecule is Nc1nc(-c2csc(-c3cccnc3)n2)cs1. The van der Waals surface area contributed by atoms with Crippen molar-refractivity contribution in [1.82, 2.24) is 15.0 Å². The summed E-state index contributed by atoms with van der Waals surface area (Å²) in [5.74, 6) is 0. The van der Waals surface area contributed by atoms with Crippen molar-refractivity contribution in [3.8, 4) is 22.0 Å². The third kappa shape index (κ3) is 2.04. The van der Waals surface area contributed by atoms with Crippen molar-refractivity contribution in [2.45, 2.75) is 0 Å². The molecule has 6 heteroatoms. The van der Waals surface area contributed by atoms with Crippen LogP contribution >= 0.6 is 22.7 Å². The number of nitrogens with zero attached hydrogens (tertiary/aromatic N) is 3. The molecule has 0 amide bonds. The minimum Gasteiger partial charge on any atom is -0.375 e. The lowest BCUT2D eigenvalue weighted by Gasteiger charge is -1.92. The molecule has 3 aromatic rings. The van der Waals surface area contributed by atoms with Gasteiger partial charge in [-0.05, 0) is 12.1 Å². The molecule has 17 heavy (non-hydrogen) atoms. The average Bonchev–Trinajstić information content (AvgIpc) is 2.98. The second-order valence-electron chi connectivity index (χ2n) is 3.35. The first kappa shape index (κ1) is 10.4. The Kier molecular flexibility index (Phi) is 2.58. The van der Waals surface area contributed by atoms with Crippen LogP contribution in [0.2, 0.25) is 0 Å². The highest BCUT2D eigenvalue weighted by molar-refractivity contribution is 7.14. The zero-order chi connectivity index (χ0) is 11.7. The first-order valence-electron chi connectivity index (χ1n) is 4.90. The van der Waals surface area contributed by atoms with E-state index in [0.29, 0.717) is 5.13 Å². The van der Waals surface area contributed by atoms with Gasteiger partial charge in [0.25, 0.3) is 0 Å². The maximum Gasteiger partial charge on any atom is 0.180 e. The second-order valence-corrected chi connectivity index (χ2v) is 5.10. The number of thiazole rings is 2. The smallest absolute Gasteiger partial charge is 0.180 e. The van der Waals surface area contributed by atoms with E-state index in [1.807, 2.05) is 22.9 Å². The Bertz CT molecular complexity index is 630. The van der Waals surface area contributed by atoms with E-state index < -0.39 is 0 Å². The van der Waals surface area contributed by atoms with Gasteiger partial charge in [-0.1, -0.05) is 0 Å². The summed E-state index contributed by atoms with van der Waals surface area (Å²) in [6, 6.07) is 3.89. The zero-order valence-electron chi connectivity index (χ0n) is 8.70. The molecule has 0 spiro atoms. The lowest BCUT2D eigenvalue weighted by molar-refractivity contribution is 1.30. The molecule has 0 aliphatic carbocycles. The summed E-state index contributed by atoms with van der Waals surface area (Å²) >= 11 is 3.00. The molecular formula is C11H8N4S2. The molecule has 0 bridgehead atoms. The third-order valence-electron chi connectivity index (χ3n) is 2.20. The van der Waals surface area contributed by atoms with E-state index in [1.54, 1.807) is 23.7 Å². The number of aromatic nitrogens is 3. The molecule has 4 nitrogen and oxygen atoms in total. The van der Waals surface area contributed by atoms with Crippen molar-refractivity contribution in [3.05, 3.63) is 35.3 Å². The number of nitrogens with two attached hydrogens (primary N) is 1. The number of pyridine rings is 1. The van der Waals surface area contributed by atoms with Crippen LogP contribution in [0.3, 0.4) is 0 Å². The molecule has 0 radical (unpaired) electrons. The van der Waals surface area contributed by atoms with Gasteiger partial charge in [0.05, 0.1) is 0 Å². The first-order chi connectivity index (χ1) is 8.33. The number of hydrogen-bond donors (Lipinski definition) is 1. The van der Waals surface area contributed by atoms with E-state index in [2.05, 4.69) is 15.0 Å². The van der Waals surface area contributed by atoms with E-state index in [4.69, 9.17) is 5.73 Å². The number of nitrogen functional groups attached to an aromatic ring is 1. The summed E-state index contributed by atoms with van der Waals surface area (Å²) in [7, 11) is 0. The number of rotatable bonds is 2. The van der Waals surface area contributed by atoms with Gasteiger partial charge in [-0.3, -0.25) is 4.98 Å². The quantitative estimate of drug-likeness (QED) is 0.769. The lowest BCUT2D eigenvalue weighted by atomic mass is 10.3. The van der Waals surface area contributed by atoms with E-state index >= 15 is 0 Å². The van der Waals surface area contributed by atoms with Crippen molar-refractivity contribution >= 4 is 27.8 Å². The lowest BCUT2D eigenvalue weighted by Crippen LogP contribution is -1.83. The molecular weight excluding hydrogens is 252 g/mol. The van der Waals surface area contributed by atoms with Gasteiger partial charge in [-0.25, -0.2) is 9.97 Å². The van der Waals surface area contributed by atoms with Gasteiger partial charge >= 0.3 is 0 Å². The van der Waals surface area contributed by atoms with Gasteiger partial charge < -0.3 is 5.73 Å². The van der Waals surface area contributed by atoms with Crippen molar-refractivity contribution < 1.29 is 0 Å². The second kappa shape index (κ2) is 4.23. The van der Waals surface area contributed by atoms with Crippen molar-refractivity contribution in [3.63, 3.8) is 0 Å². The maximum atomic E-state index is 5.61. The van der Waals surface area contributed by atoms with Crippen LogP contribution in [0.15, 0.2) is 35.3 Å².